The molecule has 0 spiro atoms. The van der Waals surface area contributed by atoms with Gasteiger partial charge in [-0.2, -0.15) is 16.1 Å². The van der Waals surface area contributed by atoms with Gasteiger partial charge in [-0.1, -0.05) is 60.7 Å². The van der Waals surface area contributed by atoms with Gasteiger partial charge in [-0.25, -0.2) is 8.42 Å². The summed E-state index contributed by atoms with van der Waals surface area (Å²) in [7, 11) is -3.46. The van der Waals surface area contributed by atoms with Crippen LogP contribution in [0, 0.1) is 0 Å². The van der Waals surface area contributed by atoms with Gasteiger partial charge < -0.3 is 0 Å². The summed E-state index contributed by atoms with van der Waals surface area (Å²) in [4.78, 5) is 0.388. The molecular weight excluding hydrogens is 362 g/mol. The molecule has 0 N–H and O–H groups in total. The Morgan fingerprint density at radius 1 is 0.846 bits per heavy atom. The summed E-state index contributed by atoms with van der Waals surface area (Å²) < 4.78 is 27.9. The topological polar surface area (TPSA) is 37.4 Å². The van der Waals surface area contributed by atoms with E-state index in [2.05, 4.69) is 12.1 Å². The number of thioether (sulfide) groups is 1. The molecule has 0 radical (unpaired) electrons. The van der Waals surface area contributed by atoms with Crippen LogP contribution >= 0.6 is 11.8 Å². The Morgan fingerprint density at radius 2 is 1.58 bits per heavy atom. The van der Waals surface area contributed by atoms with Gasteiger partial charge in [-0.15, -0.1) is 0 Å². The van der Waals surface area contributed by atoms with Crippen LogP contribution in [0.2, 0.25) is 0 Å². The maximum absolute atomic E-state index is 13.1. The van der Waals surface area contributed by atoms with Gasteiger partial charge in [0, 0.05) is 24.1 Å². The number of sulfonamides is 1. The highest BCUT2D eigenvalue weighted by atomic mass is 32.2. The number of benzene rings is 3. The number of nitrogens with zero attached hydrogens (tertiary/aromatic N) is 1. The fourth-order valence-corrected chi connectivity index (χ4v) is 6.24. The average Bonchev–Trinajstić information content (AvgIpc) is 2.95. The highest BCUT2D eigenvalue weighted by Gasteiger charge is 2.28. The first kappa shape index (κ1) is 17.6. The molecule has 1 saturated heterocycles. The van der Waals surface area contributed by atoms with Gasteiger partial charge in [0.1, 0.15) is 0 Å². The second kappa shape index (κ2) is 7.43. The minimum atomic E-state index is -3.46. The minimum Gasteiger partial charge on any atom is -0.207 e. The van der Waals surface area contributed by atoms with Crippen molar-refractivity contribution in [2.45, 2.75) is 16.6 Å². The molecule has 5 heteroatoms. The van der Waals surface area contributed by atoms with E-state index < -0.39 is 10.0 Å². The first-order valence-corrected chi connectivity index (χ1v) is 11.3. The molecule has 1 unspecified atom stereocenters. The van der Waals surface area contributed by atoms with Gasteiger partial charge in [0.2, 0.25) is 10.0 Å². The van der Waals surface area contributed by atoms with E-state index in [0.29, 0.717) is 23.2 Å². The standard InChI is InChI=1S/C21H21NO2S2/c23-26(24,20-11-10-17-6-4-5-9-19(17)16-20)22-13-12-21(25-15-14-22)18-7-2-1-3-8-18/h1-11,16,21H,12-15H2. The summed E-state index contributed by atoms with van der Waals surface area (Å²) in [5.41, 5.74) is 1.28. The summed E-state index contributed by atoms with van der Waals surface area (Å²) in [6.07, 6.45) is 0.835. The van der Waals surface area contributed by atoms with E-state index in [1.54, 1.807) is 16.4 Å². The zero-order chi connectivity index (χ0) is 18.0. The van der Waals surface area contributed by atoms with Crippen LogP contribution in [0.25, 0.3) is 10.8 Å². The van der Waals surface area contributed by atoms with E-state index in [1.165, 1.54) is 5.56 Å². The molecule has 0 bridgehead atoms. The van der Waals surface area contributed by atoms with Crippen molar-refractivity contribution in [1.29, 1.82) is 0 Å². The zero-order valence-corrected chi connectivity index (χ0v) is 16.0. The molecule has 1 aliphatic rings. The average molecular weight is 384 g/mol. The Bertz CT molecular complexity index is 1000. The van der Waals surface area contributed by atoms with Crippen LogP contribution < -0.4 is 0 Å². The van der Waals surface area contributed by atoms with E-state index in [-0.39, 0.29) is 0 Å². The second-order valence-electron chi connectivity index (χ2n) is 6.47. The van der Waals surface area contributed by atoms with E-state index in [0.717, 1.165) is 22.9 Å². The SMILES string of the molecule is O=S(=O)(c1ccc2ccccc2c1)N1CCSC(c2ccccc2)CC1. The molecule has 0 saturated carbocycles. The highest BCUT2D eigenvalue weighted by Crippen LogP contribution is 2.35. The molecule has 26 heavy (non-hydrogen) atoms. The fourth-order valence-electron chi connectivity index (χ4n) is 3.40. The number of rotatable bonds is 3. The van der Waals surface area contributed by atoms with Crippen LogP contribution in [0.5, 0.6) is 0 Å². The summed E-state index contributed by atoms with van der Waals surface area (Å²) >= 11 is 1.85. The van der Waals surface area contributed by atoms with Gasteiger partial charge in [-0.05, 0) is 34.9 Å². The largest absolute Gasteiger partial charge is 0.243 e. The van der Waals surface area contributed by atoms with Gasteiger partial charge in [0.05, 0.1) is 4.90 Å². The molecule has 1 aliphatic heterocycles. The number of hydrogen-bond donors (Lipinski definition) is 0. The van der Waals surface area contributed by atoms with E-state index in [1.807, 2.05) is 60.3 Å². The summed E-state index contributed by atoms with van der Waals surface area (Å²) in [6.45, 7) is 1.12. The third-order valence-corrected chi connectivity index (χ3v) is 8.05. The van der Waals surface area contributed by atoms with Crippen molar-refractivity contribution < 1.29 is 8.42 Å². The third-order valence-electron chi connectivity index (χ3n) is 4.83. The molecule has 1 heterocycles. The van der Waals surface area contributed by atoms with Gasteiger partial charge in [0.15, 0.2) is 0 Å². The van der Waals surface area contributed by atoms with Crippen LogP contribution in [0.4, 0.5) is 0 Å². The molecule has 0 aromatic heterocycles. The lowest BCUT2D eigenvalue weighted by atomic mass is 10.1. The molecule has 4 rings (SSSR count). The van der Waals surface area contributed by atoms with E-state index in [4.69, 9.17) is 0 Å². The minimum absolute atomic E-state index is 0.355. The van der Waals surface area contributed by atoms with Crippen LogP contribution in [0.15, 0.2) is 77.7 Å². The quantitative estimate of drug-likeness (QED) is 0.657. The molecule has 0 amide bonds. The Morgan fingerprint density at radius 3 is 2.38 bits per heavy atom. The molecule has 0 aliphatic carbocycles. The van der Waals surface area contributed by atoms with E-state index >= 15 is 0 Å². The Hall–Kier alpha value is -1.82. The van der Waals surface area contributed by atoms with Crippen LogP contribution in [0.3, 0.4) is 0 Å². The lowest BCUT2D eigenvalue weighted by Gasteiger charge is -2.20. The van der Waals surface area contributed by atoms with Crippen molar-refractivity contribution in [3.05, 3.63) is 78.4 Å². The van der Waals surface area contributed by atoms with Crippen molar-refractivity contribution >= 4 is 32.6 Å². The fraction of sp³-hybridized carbons (Fsp3) is 0.238. The molecule has 1 fully saturated rings. The molecule has 3 nitrogen and oxygen atoms in total. The molecular formula is C21H21NO2S2. The number of hydrogen-bond acceptors (Lipinski definition) is 3. The van der Waals surface area contributed by atoms with Crippen LogP contribution in [-0.2, 0) is 10.0 Å². The van der Waals surface area contributed by atoms with Crippen molar-refractivity contribution in [1.82, 2.24) is 4.31 Å². The molecule has 134 valence electrons. The van der Waals surface area contributed by atoms with Crippen LogP contribution in [0.1, 0.15) is 17.2 Å². The first-order chi connectivity index (χ1) is 12.6. The van der Waals surface area contributed by atoms with Crippen molar-refractivity contribution in [3.63, 3.8) is 0 Å². The third kappa shape index (κ3) is 3.52. The van der Waals surface area contributed by atoms with Crippen molar-refractivity contribution in [2.75, 3.05) is 18.8 Å². The maximum Gasteiger partial charge on any atom is 0.243 e. The first-order valence-electron chi connectivity index (χ1n) is 8.80. The Kier molecular flexibility index (Phi) is 5.02. The zero-order valence-electron chi connectivity index (χ0n) is 14.4. The Labute approximate surface area is 159 Å². The van der Waals surface area contributed by atoms with Gasteiger partial charge >= 0.3 is 0 Å². The summed E-state index contributed by atoms with van der Waals surface area (Å²) in [5, 5.41) is 2.37. The predicted octanol–water partition coefficient (Wildman–Crippen LogP) is 4.71. The monoisotopic (exact) mass is 383 g/mol. The number of fused-ring (bicyclic) bond motifs is 1. The highest BCUT2D eigenvalue weighted by molar-refractivity contribution is 7.99. The van der Waals surface area contributed by atoms with Crippen molar-refractivity contribution in [3.8, 4) is 0 Å². The lowest BCUT2D eigenvalue weighted by Crippen LogP contribution is -2.33. The normalized spacial score (nSPS) is 19.3. The van der Waals surface area contributed by atoms with E-state index in [9.17, 15) is 8.42 Å². The Balaban J connectivity index is 1.57. The maximum atomic E-state index is 13.1. The molecule has 1 atom stereocenters. The van der Waals surface area contributed by atoms with Crippen LogP contribution in [-0.4, -0.2) is 31.6 Å². The molecule has 3 aromatic carbocycles. The summed E-state index contributed by atoms with van der Waals surface area (Å²) in [5.74, 6) is 0.812. The second-order valence-corrected chi connectivity index (χ2v) is 9.72. The summed E-state index contributed by atoms with van der Waals surface area (Å²) in [6, 6.07) is 23.6. The predicted molar refractivity (Wildman–Crippen MR) is 109 cm³/mol. The van der Waals surface area contributed by atoms with Crippen molar-refractivity contribution in [2.24, 2.45) is 0 Å². The smallest absolute Gasteiger partial charge is 0.207 e. The van der Waals surface area contributed by atoms with Gasteiger partial charge in [-0.3, -0.25) is 0 Å². The van der Waals surface area contributed by atoms with Gasteiger partial charge in [0.25, 0.3) is 0 Å². The lowest BCUT2D eigenvalue weighted by molar-refractivity contribution is 0.428. The molecule has 3 aromatic rings.